The van der Waals surface area contributed by atoms with Gasteiger partial charge in [0.25, 0.3) is 0 Å². The van der Waals surface area contributed by atoms with Gasteiger partial charge >= 0.3 is 0 Å². The average Bonchev–Trinajstić information content (AvgIpc) is 2.54. The summed E-state index contributed by atoms with van der Waals surface area (Å²) in [5.41, 5.74) is 3.58. The molecule has 0 saturated carbocycles. The highest BCUT2D eigenvalue weighted by molar-refractivity contribution is 7.80. The molecule has 0 spiro atoms. The Morgan fingerprint density at radius 2 is 1.55 bits per heavy atom. The third-order valence-electron chi connectivity index (χ3n) is 3.90. The summed E-state index contributed by atoms with van der Waals surface area (Å²) in [5, 5.41) is 0. The van der Waals surface area contributed by atoms with Crippen LogP contribution in [0.2, 0.25) is 0 Å². The number of thiol groups is 1. The molecule has 2 rings (SSSR count). The van der Waals surface area contributed by atoms with Crippen molar-refractivity contribution in [2.75, 3.05) is 0 Å². The molecule has 3 heteroatoms. The first kappa shape index (κ1) is 17.0. The van der Waals surface area contributed by atoms with Crippen molar-refractivity contribution in [1.82, 2.24) is 9.97 Å². The Labute approximate surface area is 139 Å². The molecule has 1 aromatic heterocycles. The number of rotatable bonds is 8. The van der Waals surface area contributed by atoms with E-state index in [1.807, 2.05) is 12.4 Å². The van der Waals surface area contributed by atoms with Crippen LogP contribution in [0, 0.1) is 0 Å². The lowest BCUT2D eigenvalue weighted by Crippen LogP contribution is -1.94. The van der Waals surface area contributed by atoms with E-state index >= 15 is 0 Å². The van der Waals surface area contributed by atoms with Gasteiger partial charge in [-0.3, -0.25) is 0 Å². The first-order chi connectivity index (χ1) is 10.7. The molecule has 22 heavy (non-hydrogen) atoms. The van der Waals surface area contributed by atoms with E-state index in [9.17, 15) is 0 Å². The number of unbranched alkanes of at least 4 members (excludes halogenated alkanes) is 3. The Bertz CT molecular complexity index is 578. The van der Waals surface area contributed by atoms with E-state index < -0.39 is 0 Å². The lowest BCUT2D eigenvalue weighted by Gasteiger charge is -2.08. The quantitative estimate of drug-likeness (QED) is 0.513. The molecule has 0 aliphatic carbocycles. The summed E-state index contributed by atoms with van der Waals surface area (Å²) in [5.74, 6) is 0.769. The fourth-order valence-electron chi connectivity index (χ4n) is 2.50. The topological polar surface area (TPSA) is 25.8 Å². The summed E-state index contributed by atoms with van der Waals surface area (Å²) in [6, 6.07) is 6.44. The Hall–Kier alpha value is -1.35. The summed E-state index contributed by atoms with van der Waals surface area (Å²) < 4.78 is 0. The fraction of sp³-hybridized carbons (Fsp3) is 0.474. The Morgan fingerprint density at radius 3 is 2.18 bits per heavy atom. The van der Waals surface area contributed by atoms with E-state index in [1.54, 1.807) is 0 Å². The normalized spacial score (nSPS) is 10.9. The Kier molecular flexibility index (Phi) is 6.91. The van der Waals surface area contributed by atoms with Crippen LogP contribution in [0.5, 0.6) is 0 Å². The maximum atomic E-state index is 4.63. The highest BCUT2D eigenvalue weighted by Crippen LogP contribution is 2.25. The predicted octanol–water partition coefficient (Wildman–Crippen LogP) is 5.51. The molecular weight excluding hydrogens is 288 g/mol. The molecule has 1 heterocycles. The van der Waals surface area contributed by atoms with Crippen LogP contribution in [0.15, 0.2) is 35.5 Å². The molecule has 0 atom stereocenters. The molecule has 0 amide bonds. The average molecular weight is 314 g/mol. The van der Waals surface area contributed by atoms with Gasteiger partial charge in [-0.05, 0) is 48.9 Å². The molecular formula is C19H26N2S. The van der Waals surface area contributed by atoms with Crippen LogP contribution in [-0.2, 0) is 12.8 Å². The highest BCUT2D eigenvalue weighted by atomic mass is 32.1. The third-order valence-corrected chi connectivity index (χ3v) is 4.27. The van der Waals surface area contributed by atoms with Gasteiger partial charge in [0.05, 0.1) is 0 Å². The summed E-state index contributed by atoms with van der Waals surface area (Å²) in [7, 11) is 0. The van der Waals surface area contributed by atoms with Crippen LogP contribution >= 0.6 is 12.6 Å². The largest absolute Gasteiger partial charge is 0.236 e. The van der Waals surface area contributed by atoms with E-state index in [4.69, 9.17) is 0 Å². The summed E-state index contributed by atoms with van der Waals surface area (Å²) in [6.07, 6.45) is 12.2. The van der Waals surface area contributed by atoms with E-state index in [-0.39, 0.29) is 0 Å². The minimum Gasteiger partial charge on any atom is -0.236 e. The van der Waals surface area contributed by atoms with E-state index in [2.05, 4.69) is 54.6 Å². The van der Waals surface area contributed by atoms with Crippen molar-refractivity contribution in [2.24, 2.45) is 0 Å². The second-order valence-electron chi connectivity index (χ2n) is 5.83. The lowest BCUT2D eigenvalue weighted by molar-refractivity contribution is 0.717. The van der Waals surface area contributed by atoms with Crippen LogP contribution in [0.4, 0.5) is 0 Å². The summed E-state index contributed by atoms with van der Waals surface area (Å²) in [6.45, 7) is 4.43. The molecule has 0 aliphatic heterocycles. The van der Waals surface area contributed by atoms with Crippen LogP contribution in [0.25, 0.3) is 11.4 Å². The Balaban J connectivity index is 2.08. The number of nitrogens with zero attached hydrogens (tertiary/aromatic N) is 2. The molecule has 2 aromatic rings. The van der Waals surface area contributed by atoms with Crippen LogP contribution in [-0.4, -0.2) is 9.97 Å². The second-order valence-corrected chi connectivity index (χ2v) is 6.31. The molecule has 0 N–H and O–H groups in total. The zero-order chi connectivity index (χ0) is 15.8. The highest BCUT2D eigenvalue weighted by Gasteiger charge is 2.07. The van der Waals surface area contributed by atoms with Crippen LogP contribution in [0.1, 0.15) is 57.1 Å². The van der Waals surface area contributed by atoms with Crippen LogP contribution < -0.4 is 0 Å². The number of hydrogen-bond donors (Lipinski definition) is 1. The van der Waals surface area contributed by atoms with Crippen molar-refractivity contribution in [1.29, 1.82) is 0 Å². The maximum Gasteiger partial charge on any atom is 0.160 e. The fourth-order valence-corrected chi connectivity index (χ4v) is 2.85. The van der Waals surface area contributed by atoms with Gasteiger partial charge in [-0.1, -0.05) is 39.2 Å². The third kappa shape index (κ3) is 4.84. The number of aromatic nitrogens is 2. The zero-order valence-corrected chi connectivity index (χ0v) is 14.6. The van der Waals surface area contributed by atoms with Crippen molar-refractivity contribution < 1.29 is 0 Å². The molecule has 1 aromatic carbocycles. The first-order valence-electron chi connectivity index (χ1n) is 8.37. The molecule has 2 nitrogen and oxygen atoms in total. The maximum absolute atomic E-state index is 4.63. The molecule has 0 radical (unpaired) electrons. The lowest BCUT2D eigenvalue weighted by atomic mass is 10.0. The van der Waals surface area contributed by atoms with Crippen molar-refractivity contribution in [3.63, 3.8) is 0 Å². The Morgan fingerprint density at radius 1 is 0.864 bits per heavy atom. The van der Waals surface area contributed by atoms with Gasteiger partial charge in [-0.25, -0.2) is 9.97 Å². The minimum absolute atomic E-state index is 0.769. The van der Waals surface area contributed by atoms with E-state index in [0.29, 0.717) is 0 Å². The molecule has 0 aliphatic rings. The monoisotopic (exact) mass is 314 g/mol. The SMILES string of the molecule is CCCCCc1ccc(-c2ncc(CCCC)cn2)c(S)c1. The second kappa shape index (κ2) is 8.94. The summed E-state index contributed by atoms with van der Waals surface area (Å²) >= 11 is 4.63. The van der Waals surface area contributed by atoms with Gasteiger partial charge in [0, 0.05) is 22.9 Å². The van der Waals surface area contributed by atoms with Crippen molar-refractivity contribution in [3.8, 4) is 11.4 Å². The molecule has 0 fully saturated rings. The molecule has 0 unspecified atom stereocenters. The first-order valence-corrected chi connectivity index (χ1v) is 8.82. The summed E-state index contributed by atoms with van der Waals surface area (Å²) in [4.78, 5) is 9.98. The molecule has 0 saturated heterocycles. The number of aryl methyl sites for hydroxylation is 2. The predicted molar refractivity (Wildman–Crippen MR) is 96.6 cm³/mol. The van der Waals surface area contributed by atoms with Gasteiger partial charge in [0.1, 0.15) is 0 Å². The molecule has 118 valence electrons. The zero-order valence-electron chi connectivity index (χ0n) is 13.7. The van der Waals surface area contributed by atoms with Crippen molar-refractivity contribution >= 4 is 12.6 Å². The number of hydrogen-bond acceptors (Lipinski definition) is 3. The molecule has 0 bridgehead atoms. The van der Waals surface area contributed by atoms with Gasteiger partial charge in [0.15, 0.2) is 5.82 Å². The minimum atomic E-state index is 0.769. The number of benzene rings is 1. The van der Waals surface area contributed by atoms with Crippen molar-refractivity contribution in [2.45, 2.75) is 63.7 Å². The smallest absolute Gasteiger partial charge is 0.160 e. The van der Waals surface area contributed by atoms with Gasteiger partial charge in [-0.2, -0.15) is 0 Å². The van der Waals surface area contributed by atoms with Crippen molar-refractivity contribution in [3.05, 3.63) is 41.7 Å². The standard InChI is InChI=1S/C19H26N2S/c1-3-5-7-9-15-10-11-17(18(22)12-15)19-20-13-16(14-21-19)8-6-4-2/h10-14,22H,3-9H2,1-2H3. The van der Waals surface area contributed by atoms with Gasteiger partial charge < -0.3 is 0 Å². The van der Waals surface area contributed by atoms with Gasteiger partial charge in [-0.15, -0.1) is 12.6 Å². The van der Waals surface area contributed by atoms with E-state index in [0.717, 1.165) is 29.1 Å². The van der Waals surface area contributed by atoms with E-state index in [1.165, 1.54) is 43.2 Å². The van der Waals surface area contributed by atoms with Gasteiger partial charge in [0.2, 0.25) is 0 Å². The van der Waals surface area contributed by atoms with Crippen LogP contribution in [0.3, 0.4) is 0 Å².